The van der Waals surface area contributed by atoms with Crippen LogP contribution in [0.4, 0.5) is 5.82 Å². The molecule has 5 nitrogen and oxygen atoms in total. The Labute approximate surface area is 122 Å². The molecule has 2 N–H and O–H groups in total. The Kier molecular flexibility index (Phi) is 6.39. The van der Waals surface area contributed by atoms with Crippen molar-refractivity contribution in [2.24, 2.45) is 0 Å². The highest BCUT2D eigenvalue weighted by Crippen LogP contribution is 2.11. The van der Waals surface area contributed by atoms with Crippen molar-refractivity contribution in [2.45, 2.75) is 39.0 Å². The molecule has 0 bridgehead atoms. The van der Waals surface area contributed by atoms with Gasteiger partial charge in [-0.25, -0.2) is 4.98 Å². The first kappa shape index (κ1) is 16.9. The third-order valence-corrected chi connectivity index (χ3v) is 2.87. The Morgan fingerprint density at radius 2 is 2.10 bits per heavy atom. The van der Waals surface area contributed by atoms with Crippen molar-refractivity contribution in [3.05, 3.63) is 23.9 Å². The zero-order valence-corrected chi connectivity index (χ0v) is 13.2. The zero-order chi connectivity index (χ0) is 15.2. The molecule has 0 aliphatic rings. The average molecular weight is 281 g/mol. The smallest absolute Gasteiger partial charge is 0.128 e. The molecule has 1 atom stereocenters. The summed E-state index contributed by atoms with van der Waals surface area (Å²) >= 11 is 0. The van der Waals surface area contributed by atoms with E-state index in [1.807, 2.05) is 24.2 Å². The van der Waals surface area contributed by atoms with Crippen LogP contribution in [0, 0.1) is 0 Å². The first-order valence-electron chi connectivity index (χ1n) is 6.90. The van der Waals surface area contributed by atoms with Crippen LogP contribution in [0.25, 0.3) is 0 Å². The summed E-state index contributed by atoms with van der Waals surface area (Å²) in [5.74, 6) is 0.847. The lowest BCUT2D eigenvalue weighted by Crippen LogP contribution is -2.35. The molecule has 0 radical (unpaired) electrons. The molecule has 1 rings (SSSR count). The lowest BCUT2D eigenvalue weighted by atomic mass is 10.1. The molecular weight excluding hydrogens is 254 g/mol. The molecule has 1 aromatic rings. The van der Waals surface area contributed by atoms with Crippen LogP contribution in [0.5, 0.6) is 0 Å². The lowest BCUT2D eigenvalue weighted by molar-refractivity contribution is 0.0694. The number of nitrogens with one attached hydrogen (secondary N) is 1. The number of hydrogen-bond acceptors (Lipinski definition) is 5. The number of aromatic nitrogens is 1. The number of anilines is 1. The second-order valence-corrected chi connectivity index (χ2v) is 6.12. The summed E-state index contributed by atoms with van der Waals surface area (Å²) in [5, 5.41) is 13.1. The van der Waals surface area contributed by atoms with E-state index in [2.05, 4.69) is 37.1 Å². The van der Waals surface area contributed by atoms with Crippen LogP contribution >= 0.6 is 0 Å². The van der Waals surface area contributed by atoms with Crippen LogP contribution < -0.4 is 10.2 Å². The van der Waals surface area contributed by atoms with E-state index < -0.39 is 6.10 Å². The highest BCUT2D eigenvalue weighted by molar-refractivity contribution is 5.38. The van der Waals surface area contributed by atoms with E-state index >= 15 is 0 Å². The molecule has 1 aromatic heterocycles. The number of aliphatic hydroxyl groups excluding tert-OH is 1. The van der Waals surface area contributed by atoms with Gasteiger partial charge in [0, 0.05) is 39.0 Å². The van der Waals surface area contributed by atoms with Crippen molar-refractivity contribution < 1.29 is 9.84 Å². The van der Waals surface area contributed by atoms with Gasteiger partial charge in [-0.1, -0.05) is 6.07 Å². The SMILES string of the molecule is COCC(O)CN(C)c1ccc(CNC(C)(C)C)cn1. The quantitative estimate of drug-likeness (QED) is 0.791. The summed E-state index contributed by atoms with van der Waals surface area (Å²) in [6.45, 7) is 8.05. The summed E-state index contributed by atoms with van der Waals surface area (Å²) in [6, 6.07) is 4.03. The highest BCUT2D eigenvalue weighted by atomic mass is 16.5. The third-order valence-electron chi connectivity index (χ3n) is 2.87. The van der Waals surface area contributed by atoms with Crippen LogP contribution in [0.15, 0.2) is 18.3 Å². The maximum absolute atomic E-state index is 9.70. The monoisotopic (exact) mass is 281 g/mol. The molecule has 0 fully saturated rings. The fraction of sp³-hybridized carbons (Fsp3) is 0.667. The fourth-order valence-electron chi connectivity index (χ4n) is 1.77. The molecular formula is C15H27N3O2. The predicted molar refractivity (Wildman–Crippen MR) is 82.0 cm³/mol. The number of pyridine rings is 1. The average Bonchev–Trinajstić information content (AvgIpc) is 2.36. The van der Waals surface area contributed by atoms with Crippen LogP contribution in [0.1, 0.15) is 26.3 Å². The largest absolute Gasteiger partial charge is 0.389 e. The van der Waals surface area contributed by atoms with E-state index in [1.54, 1.807) is 7.11 Å². The molecule has 0 saturated carbocycles. The van der Waals surface area contributed by atoms with Crippen LogP contribution in [0.2, 0.25) is 0 Å². The second kappa shape index (κ2) is 7.57. The molecule has 0 aliphatic carbocycles. The molecule has 0 aromatic carbocycles. The van der Waals surface area contributed by atoms with Crippen LogP contribution in [-0.2, 0) is 11.3 Å². The second-order valence-electron chi connectivity index (χ2n) is 6.12. The number of rotatable bonds is 7. The Morgan fingerprint density at radius 3 is 2.60 bits per heavy atom. The van der Waals surface area contributed by atoms with Gasteiger partial charge in [0.05, 0.1) is 12.7 Å². The topological polar surface area (TPSA) is 57.6 Å². The Morgan fingerprint density at radius 1 is 1.40 bits per heavy atom. The van der Waals surface area contributed by atoms with Crippen molar-refractivity contribution in [3.8, 4) is 0 Å². The predicted octanol–water partition coefficient (Wildman–Crippen LogP) is 1.41. The molecule has 0 spiro atoms. The van der Waals surface area contributed by atoms with Gasteiger partial charge in [0.1, 0.15) is 5.82 Å². The summed E-state index contributed by atoms with van der Waals surface area (Å²) < 4.78 is 4.92. The van der Waals surface area contributed by atoms with E-state index in [0.29, 0.717) is 13.2 Å². The molecule has 5 heteroatoms. The third kappa shape index (κ3) is 6.32. The van der Waals surface area contributed by atoms with Gasteiger partial charge < -0.3 is 20.1 Å². The number of aliphatic hydroxyl groups is 1. The standard InChI is InChI=1S/C15H27N3O2/c1-15(2,3)17-9-12-6-7-14(16-8-12)18(4)10-13(19)11-20-5/h6-8,13,17,19H,9-11H2,1-5H3. The number of hydrogen-bond donors (Lipinski definition) is 2. The molecule has 114 valence electrons. The fourth-order valence-corrected chi connectivity index (χ4v) is 1.77. The summed E-state index contributed by atoms with van der Waals surface area (Å²) in [4.78, 5) is 6.35. The first-order chi connectivity index (χ1) is 9.31. The van der Waals surface area contributed by atoms with E-state index in [1.165, 1.54) is 0 Å². The molecule has 0 amide bonds. The molecule has 0 aliphatic heterocycles. The van der Waals surface area contributed by atoms with E-state index in [4.69, 9.17) is 4.74 Å². The molecule has 1 heterocycles. The number of methoxy groups -OCH3 is 1. The van der Waals surface area contributed by atoms with Crippen molar-refractivity contribution in [3.63, 3.8) is 0 Å². The molecule has 1 unspecified atom stereocenters. The van der Waals surface area contributed by atoms with Gasteiger partial charge in [0.15, 0.2) is 0 Å². The van der Waals surface area contributed by atoms with Gasteiger partial charge in [0.25, 0.3) is 0 Å². The zero-order valence-electron chi connectivity index (χ0n) is 13.2. The van der Waals surface area contributed by atoms with Crippen molar-refractivity contribution >= 4 is 5.82 Å². The van der Waals surface area contributed by atoms with E-state index in [-0.39, 0.29) is 5.54 Å². The van der Waals surface area contributed by atoms with Gasteiger partial charge in [-0.2, -0.15) is 0 Å². The van der Waals surface area contributed by atoms with E-state index in [0.717, 1.165) is 17.9 Å². The van der Waals surface area contributed by atoms with Crippen molar-refractivity contribution in [1.29, 1.82) is 0 Å². The summed E-state index contributed by atoms with van der Waals surface area (Å²) in [7, 11) is 3.49. The first-order valence-corrected chi connectivity index (χ1v) is 6.90. The molecule has 0 saturated heterocycles. The van der Waals surface area contributed by atoms with Crippen LogP contribution in [-0.4, -0.2) is 49.0 Å². The maximum Gasteiger partial charge on any atom is 0.128 e. The highest BCUT2D eigenvalue weighted by Gasteiger charge is 2.11. The van der Waals surface area contributed by atoms with Gasteiger partial charge in [-0.05, 0) is 32.4 Å². The number of nitrogens with zero attached hydrogens (tertiary/aromatic N) is 2. The Hall–Kier alpha value is -1.17. The lowest BCUT2D eigenvalue weighted by Gasteiger charge is -2.22. The number of ether oxygens (including phenoxy) is 1. The van der Waals surface area contributed by atoms with Crippen LogP contribution in [0.3, 0.4) is 0 Å². The Bertz CT molecular complexity index is 387. The van der Waals surface area contributed by atoms with E-state index in [9.17, 15) is 5.11 Å². The Balaban J connectivity index is 2.53. The van der Waals surface area contributed by atoms with Gasteiger partial charge >= 0.3 is 0 Å². The minimum absolute atomic E-state index is 0.0969. The van der Waals surface area contributed by atoms with Crippen molar-refractivity contribution in [1.82, 2.24) is 10.3 Å². The number of likely N-dealkylation sites (N-methyl/N-ethyl adjacent to an activating group) is 1. The summed E-state index contributed by atoms with van der Waals surface area (Å²) in [5.41, 5.74) is 1.24. The van der Waals surface area contributed by atoms with Gasteiger partial charge in [-0.3, -0.25) is 0 Å². The van der Waals surface area contributed by atoms with Gasteiger partial charge in [0.2, 0.25) is 0 Å². The summed E-state index contributed by atoms with van der Waals surface area (Å²) in [6.07, 6.45) is 1.36. The van der Waals surface area contributed by atoms with Gasteiger partial charge in [-0.15, -0.1) is 0 Å². The molecule has 20 heavy (non-hydrogen) atoms. The minimum atomic E-state index is -0.506. The normalized spacial score (nSPS) is 13.3. The minimum Gasteiger partial charge on any atom is -0.389 e. The van der Waals surface area contributed by atoms with Crippen molar-refractivity contribution in [2.75, 3.05) is 32.2 Å². The maximum atomic E-state index is 9.70.